The van der Waals surface area contributed by atoms with Crippen molar-refractivity contribution >= 4 is 44.8 Å². The number of amides is 1. The quantitative estimate of drug-likeness (QED) is 0.300. The average molecular weight is 516 g/mol. The molecule has 0 aromatic heterocycles. The van der Waals surface area contributed by atoms with Crippen molar-refractivity contribution < 1.29 is 28.0 Å². The normalized spacial score (nSPS) is 11.3. The second-order valence-corrected chi connectivity index (χ2v) is 7.60. The number of halogens is 5. The van der Waals surface area contributed by atoms with E-state index in [9.17, 15) is 33.2 Å². The molecule has 3 aromatic rings. The van der Waals surface area contributed by atoms with Crippen LogP contribution in [0.15, 0.2) is 59.1 Å². The van der Waals surface area contributed by atoms with Gasteiger partial charge in [-0.25, -0.2) is 0 Å². The molecule has 0 aliphatic rings. The van der Waals surface area contributed by atoms with E-state index in [2.05, 4.69) is 21.2 Å². The standard InChI is InChI=1S/C20H11BrClF3N2O4/c21-12-6-4-10(5-7-12)16-17(27(30)31)15(22)9-14(18(16)28)19(29)26-13-3-1-2-11(8-13)20(23,24)25/h1-9,28H,(H,26,29). The van der Waals surface area contributed by atoms with Crippen molar-refractivity contribution in [1.82, 2.24) is 0 Å². The van der Waals surface area contributed by atoms with Crippen LogP contribution in [0.1, 0.15) is 15.9 Å². The fourth-order valence-corrected chi connectivity index (χ4v) is 3.38. The highest BCUT2D eigenvalue weighted by Crippen LogP contribution is 2.45. The molecule has 0 saturated carbocycles. The topological polar surface area (TPSA) is 92.5 Å². The number of nitro groups is 1. The van der Waals surface area contributed by atoms with Gasteiger partial charge in [0.05, 0.1) is 16.1 Å². The predicted octanol–water partition coefficient (Wildman–Crippen LogP) is 6.65. The molecule has 3 aromatic carbocycles. The van der Waals surface area contributed by atoms with Crippen LogP contribution in [0.5, 0.6) is 5.75 Å². The Morgan fingerprint density at radius 2 is 1.77 bits per heavy atom. The Balaban J connectivity index is 2.09. The molecule has 31 heavy (non-hydrogen) atoms. The molecular weight excluding hydrogens is 505 g/mol. The third kappa shape index (κ3) is 4.80. The van der Waals surface area contributed by atoms with E-state index in [-0.39, 0.29) is 16.8 Å². The molecule has 0 aliphatic heterocycles. The Bertz CT molecular complexity index is 1180. The lowest BCUT2D eigenvalue weighted by molar-refractivity contribution is -0.384. The largest absolute Gasteiger partial charge is 0.506 e. The van der Waals surface area contributed by atoms with E-state index in [1.165, 1.54) is 18.2 Å². The number of rotatable bonds is 4. The first-order valence-corrected chi connectivity index (χ1v) is 9.60. The molecule has 0 bridgehead atoms. The smallest absolute Gasteiger partial charge is 0.416 e. The molecule has 6 nitrogen and oxygen atoms in total. The van der Waals surface area contributed by atoms with E-state index < -0.39 is 44.6 Å². The van der Waals surface area contributed by atoms with Gasteiger partial charge in [0.15, 0.2) is 0 Å². The SMILES string of the molecule is O=C(Nc1cccc(C(F)(F)F)c1)c1cc(Cl)c([N+](=O)[O-])c(-c2ccc(Br)cc2)c1O. The van der Waals surface area contributed by atoms with Gasteiger partial charge < -0.3 is 10.4 Å². The summed E-state index contributed by atoms with van der Waals surface area (Å²) in [5.74, 6) is -1.73. The van der Waals surface area contributed by atoms with Crippen molar-refractivity contribution in [2.24, 2.45) is 0 Å². The Morgan fingerprint density at radius 1 is 1.13 bits per heavy atom. The molecule has 0 atom stereocenters. The number of carbonyl (C=O) groups is 1. The van der Waals surface area contributed by atoms with Gasteiger partial charge in [0.25, 0.3) is 11.6 Å². The number of phenols is 1. The lowest BCUT2D eigenvalue weighted by atomic mass is 9.98. The van der Waals surface area contributed by atoms with Crippen LogP contribution < -0.4 is 5.32 Å². The number of carbonyl (C=O) groups excluding carboxylic acids is 1. The zero-order chi connectivity index (χ0) is 22.9. The van der Waals surface area contributed by atoms with Crippen molar-refractivity contribution in [2.45, 2.75) is 6.18 Å². The highest BCUT2D eigenvalue weighted by atomic mass is 79.9. The summed E-state index contributed by atoms with van der Waals surface area (Å²) >= 11 is 9.25. The zero-order valence-electron chi connectivity index (χ0n) is 15.2. The maximum atomic E-state index is 12.9. The van der Waals surface area contributed by atoms with Gasteiger partial charge in [0.1, 0.15) is 16.3 Å². The predicted molar refractivity (Wildman–Crippen MR) is 112 cm³/mol. The fraction of sp³-hybridized carbons (Fsp3) is 0.0500. The Hall–Kier alpha value is -3.11. The molecule has 11 heteroatoms. The molecule has 0 heterocycles. The number of nitrogens with zero attached hydrogens (tertiary/aromatic N) is 1. The molecule has 0 spiro atoms. The van der Waals surface area contributed by atoms with Crippen LogP contribution in [0.25, 0.3) is 11.1 Å². The van der Waals surface area contributed by atoms with Crippen LogP contribution in [0.4, 0.5) is 24.5 Å². The molecule has 0 fully saturated rings. The van der Waals surface area contributed by atoms with Crippen LogP contribution in [-0.4, -0.2) is 15.9 Å². The van der Waals surface area contributed by atoms with Crippen molar-refractivity contribution in [1.29, 1.82) is 0 Å². The van der Waals surface area contributed by atoms with Gasteiger partial charge in [-0.15, -0.1) is 0 Å². The first-order valence-electron chi connectivity index (χ1n) is 8.43. The molecule has 0 saturated heterocycles. The van der Waals surface area contributed by atoms with Gasteiger partial charge in [-0.3, -0.25) is 14.9 Å². The van der Waals surface area contributed by atoms with Gasteiger partial charge in [-0.05, 0) is 42.0 Å². The number of anilines is 1. The second kappa shape index (κ2) is 8.56. The maximum Gasteiger partial charge on any atom is 0.416 e. The molecule has 3 rings (SSSR count). The number of alkyl halides is 3. The van der Waals surface area contributed by atoms with E-state index in [1.54, 1.807) is 12.1 Å². The minimum Gasteiger partial charge on any atom is -0.506 e. The van der Waals surface area contributed by atoms with Gasteiger partial charge in [0, 0.05) is 10.2 Å². The van der Waals surface area contributed by atoms with Gasteiger partial charge in [-0.2, -0.15) is 13.2 Å². The van der Waals surface area contributed by atoms with Crippen LogP contribution in [-0.2, 0) is 6.18 Å². The van der Waals surface area contributed by atoms with Crippen LogP contribution in [0, 0.1) is 10.1 Å². The monoisotopic (exact) mass is 514 g/mol. The first-order chi connectivity index (χ1) is 14.5. The lowest BCUT2D eigenvalue weighted by Crippen LogP contribution is -2.14. The maximum absolute atomic E-state index is 12.9. The Kier molecular flexibility index (Phi) is 6.23. The van der Waals surface area contributed by atoms with E-state index in [0.29, 0.717) is 4.47 Å². The minimum atomic E-state index is -4.62. The summed E-state index contributed by atoms with van der Waals surface area (Å²) in [6.45, 7) is 0. The summed E-state index contributed by atoms with van der Waals surface area (Å²) < 4.78 is 39.4. The van der Waals surface area contributed by atoms with E-state index in [4.69, 9.17) is 11.6 Å². The Morgan fingerprint density at radius 3 is 2.35 bits per heavy atom. The van der Waals surface area contributed by atoms with Crippen molar-refractivity contribution in [2.75, 3.05) is 5.32 Å². The summed E-state index contributed by atoms with van der Waals surface area (Å²) in [6.07, 6.45) is -4.62. The average Bonchev–Trinajstić information content (AvgIpc) is 2.69. The number of hydrogen-bond donors (Lipinski definition) is 2. The van der Waals surface area contributed by atoms with E-state index in [1.807, 2.05) is 0 Å². The second-order valence-electron chi connectivity index (χ2n) is 6.27. The summed E-state index contributed by atoms with van der Waals surface area (Å²) in [7, 11) is 0. The minimum absolute atomic E-state index is 0.182. The molecule has 0 radical (unpaired) electrons. The fourth-order valence-electron chi connectivity index (χ4n) is 2.84. The first kappa shape index (κ1) is 22.6. The van der Waals surface area contributed by atoms with Crippen LogP contribution in [0.3, 0.4) is 0 Å². The van der Waals surface area contributed by atoms with Crippen LogP contribution >= 0.6 is 27.5 Å². The number of phenolic OH excluding ortho intramolecular Hbond substituents is 1. The molecule has 0 aliphatic carbocycles. The van der Waals surface area contributed by atoms with Crippen molar-refractivity contribution in [3.63, 3.8) is 0 Å². The lowest BCUT2D eigenvalue weighted by Gasteiger charge is -2.13. The molecule has 160 valence electrons. The molecular formula is C20H11BrClF3N2O4. The summed E-state index contributed by atoms with van der Waals surface area (Å²) in [5, 5.41) is 24.0. The van der Waals surface area contributed by atoms with E-state index in [0.717, 1.165) is 24.3 Å². The van der Waals surface area contributed by atoms with E-state index >= 15 is 0 Å². The van der Waals surface area contributed by atoms with Gasteiger partial charge >= 0.3 is 6.18 Å². The van der Waals surface area contributed by atoms with Crippen LogP contribution in [0.2, 0.25) is 5.02 Å². The summed E-state index contributed by atoms with van der Waals surface area (Å²) in [4.78, 5) is 23.4. The van der Waals surface area contributed by atoms with Gasteiger partial charge in [-0.1, -0.05) is 45.7 Å². The number of aromatic hydroxyl groups is 1. The third-order valence-corrected chi connectivity index (χ3v) is 5.05. The molecule has 1 amide bonds. The highest BCUT2D eigenvalue weighted by molar-refractivity contribution is 9.10. The molecule has 2 N–H and O–H groups in total. The summed E-state index contributed by atoms with van der Waals surface area (Å²) in [6, 6.07) is 10.9. The third-order valence-electron chi connectivity index (χ3n) is 4.23. The summed E-state index contributed by atoms with van der Waals surface area (Å²) in [5.41, 5.74) is -2.30. The van der Waals surface area contributed by atoms with Gasteiger partial charge in [0.2, 0.25) is 0 Å². The van der Waals surface area contributed by atoms with Crippen molar-refractivity contribution in [3.8, 4) is 16.9 Å². The number of hydrogen-bond acceptors (Lipinski definition) is 4. The highest BCUT2D eigenvalue weighted by Gasteiger charge is 2.31. The Labute approximate surface area is 186 Å². The number of benzene rings is 3. The number of nitro benzene ring substituents is 1. The zero-order valence-corrected chi connectivity index (χ0v) is 17.5. The number of nitrogens with one attached hydrogen (secondary N) is 1. The van der Waals surface area contributed by atoms with Crippen molar-refractivity contribution in [3.05, 3.63) is 85.3 Å². The molecule has 0 unspecified atom stereocenters.